The quantitative estimate of drug-likeness (QED) is 0.699. The highest BCUT2D eigenvalue weighted by atomic mass is 28.3. The molecule has 2 aromatic heterocycles. The molecule has 0 radical (unpaired) electrons. The van der Waals surface area contributed by atoms with Crippen LogP contribution in [0.1, 0.15) is 28.6 Å². The average Bonchev–Trinajstić information content (AvgIpc) is 3.01. The summed E-state index contributed by atoms with van der Waals surface area (Å²) in [4.78, 5) is 3.81. The van der Waals surface area contributed by atoms with E-state index < -0.39 is 8.24 Å². The minimum absolute atomic E-state index is 0.0510. The van der Waals surface area contributed by atoms with Gasteiger partial charge in [-0.05, 0) is 65.1 Å². The molecule has 3 rings (SSSR count). The van der Waals surface area contributed by atoms with Crippen LogP contribution in [0.4, 0.5) is 5.69 Å². The van der Waals surface area contributed by atoms with Crippen LogP contribution in [0.3, 0.4) is 0 Å². The Kier molecular flexibility index (Phi) is 4.56. The fourth-order valence-electron chi connectivity index (χ4n) is 3.46. The molecule has 1 aromatic carbocycles. The molecule has 132 valence electrons. The summed E-state index contributed by atoms with van der Waals surface area (Å²) in [6.07, 6.45) is 0. The van der Waals surface area contributed by atoms with Gasteiger partial charge in [0.2, 0.25) is 0 Å². The summed E-state index contributed by atoms with van der Waals surface area (Å²) in [6, 6.07) is 14.7. The van der Waals surface area contributed by atoms with E-state index in [-0.39, 0.29) is 5.79 Å². The number of nitrogens with one attached hydrogen (secondary N) is 1. The third-order valence-electron chi connectivity index (χ3n) is 4.44. The first-order valence-corrected chi connectivity index (χ1v) is 11.7. The molecule has 0 unspecified atom stereocenters. The summed E-state index contributed by atoms with van der Waals surface area (Å²) in [7, 11) is -2.04. The third-order valence-corrected chi connectivity index (χ3v) is 7.15. The molecule has 6 heteroatoms. The average molecular weight is 354 g/mol. The second-order valence-corrected chi connectivity index (χ2v) is 11.5. The molecule has 1 N–H and O–H groups in total. The van der Waals surface area contributed by atoms with Crippen LogP contribution in [0.15, 0.2) is 42.5 Å². The molecule has 0 amide bonds. The van der Waals surface area contributed by atoms with E-state index in [4.69, 9.17) is 10.2 Å². The number of anilines is 1. The first-order chi connectivity index (χ1) is 11.8. The lowest BCUT2D eigenvalue weighted by Crippen LogP contribution is -2.51. The molecule has 25 heavy (non-hydrogen) atoms. The van der Waals surface area contributed by atoms with Crippen LogP contribution in [0.5, 0.6) is 0 Å². The molecule has 0 aliphatic heterocycles. The Morgan fingerprint density at radius 1 is 0.840 bits per heavy atom. The van der Waals surface area contributed by atoms with Crippen molar-refractivity contribution in [1.29, 1.82) is 0 Å². The number of para-hydroxylation sites is 1. The molecule has 0 saturated heterocycles. The van der Waals surface area contributed by atoms with Crippen molar-refractivity contribution >= 4 is 13.9 Å². The smallest absolute Gasteiger partial charge is 0.199 e. The standard InChI is InChI=1S/C19H27N5Si/c1-14-12-16(3)23(20-14)19(24-17(4)13-15(2)21-24)25(5,6)22-18-10-8-7-9-11-18/h7-13,19,22H,1-6H3. The van der Waals surface area contributed by atoms with Crippen molar-refractivity contribution < 1.29 is 0 Å². The second-order valence-electron chi connectivity index (χ2n) is 7.33. The van der Waals surface area contributed by atoms with Crippen LogP contribution in [-0.2, 0) is 0 Å². The molecule has 3 aromatic rings. The van der Waals surface area contributed by atoms with E-state index in [1.807, 2.05) is 19.9 Å². The summed E-state index contributed by atoms with van der Waals surface area (Å²) in [5, 5.41) is 9.59. The van der Waals surface area contributed by atoms with Crippen LogP contribution in [-0.4, -0.2) is 27.8 Å². The van der Waals surface area contributed by atoms with Gasteiger partial charge < -0.3 is 4.98 Å². The predicted octanol–water partition coefficient (Wildman–Crippen LogP) is 4.22. The van der Waals surface area contributed by atoms with Gasteiger partial charge in [-0.1, -0.05) is 18.2 Å². The molecule has 0 aliphatic carbocycles. The molecule has 0 fully saturated rings. The second kappa shape index (κ2) is 6.52. The highest BCUT2D eigenvalue weighted by molar-refractivity contribution is 6.81. The number of aryl methyl sites for hydroxylation is 4. The van der Waals surface area contributed by atoms with E-state index >= 15 is 0 Å². The van der Waals surface area contributed by atoms with Gasteiger partial charge in [0.1, 0.15) is 0 Å². The molecule has 2 heterocycles. The molecule has 5 nitrogen and oxygen atoms in total. The van der Waals surface area contributed by atoms with Crippen molar-refractivity contribution in [3.8, 4) is 0 Å². The fourth-order valence-corrected chi connectivity index (χ4v) is 6.25. The zero-order valence-corrected chi connectivity index (χ0v) is 16.9. The lowest BCUT2D eigenvalue weighted by molar-refractivity contribution is 0.439. The summed E-state index contributed by atoms with van der Waals surface area (Å²) in [5.74, 6) is 0.0510. The Labute approximate surface area is 150 Å². The normalized spacial score (nSPS) is 12.0. The van der Waals surface area contributed by atoms with Gasteiger partial charge in [0, 0.05) is 17.1 Å². The molecule has 0 bridgehead atoms. The van der Waals surface area contributed by atoms with Gasteiger partial charge in [0.15, 0.2) is 14.0 Å². The van der Waals surface area contributed by atoms with E-state index in [0.717, 1.165) is 28.5 Å². The SMILES string of the molecule is Cc1cc(C)n(C(n2nc(C)cc2C)[Si](C)(C)Nc2ccccc2)n1. The van der Waals surface area contributed by atoms with Gasteiger partial charge in [0.05, 0.1) is 11.4 Å². The fraction of sp³-hybridized carbons (Fsp3) is 0.368. The minimum Gasteiger partial charge on any atom is -0.408 e. The van der Waals surface area contributed by atoms with E-state index in [9.17, 15) is 0 Å². The third kappa shape index (κ3) is 3.53. The maximum Gasteiger partial charge on any atom is 0.199 e. The van der Waals surface area contributed by atoms with Crippen molar-refractivity contribution in [3.05, 3.63) is 65.2 Å². The van der Waals surface area contributed by atoms with E-state index in [1.54, 1.807) is 0 Å². The van der Waals surface area contributed by atoms with Crippen molar-refractivity contribution in [2.75, 3.05) is 4.98 Å². The number of aromatic nitrogens is 4. The maximum absolute atomic E-state index is 4.80. The van der Waals surface area contributed by atoms with Crippen molar-refractivity contribution in [2.45, 2.75) is 46.6 Å². The van der Waals surface area contributed by atoms with Gasteiger partial charge >= 0.3 is 0 Å². The number of rotatable bonds is 5. The van der Waals surface area contributed by atoms with E-state index in [2.05, 4.69) is 77.7 Å². The first-order valence-electron chi connectivity index (χ1n) is 8.66. The van der Waals surface area contributed by atoms with Gasteiger partial charge in [0.25, 0.3) is 0 Å². The van der Waals surface area contributed by atoms with E-state index in [1.165, 1.54) is 0 Å². The summed E-state index contributed by atoms with van der Waals surface area (Å²) in [5.41, 5.74) is 5.53. The zero-order valence-electron chi connectivity index (χ0n) is 15.9. The lowest BCUT2D eigenvalue weighted by Gasteiger charge is -2.35. The molecule has 0 spiro atoms. The number of hydrogen-bond donors (Lipinski definition) is 1. The molecule has 0 atom stereocenters. The summed E-state index contributed by atoms with van der Waals surface area (Å²) < 4.78 is 4.27. The topological polar surface area (TPSA) is 47.7 Å². The van der Waals surface area contributed by atoms with Crippen LogP contribution >= 0.6 is 0 Å². The monoisotopic (exact) mass is 353 g/mol. The largest absolute Gasteiger partial charge is 0.408 e. The molecule has 0 saturated carbocycles. The zero-order chi connectivity index (χ0) is 18.2. The van der Waals surface area contributed by atoms with Gasteiger partial charge in [-0.25, -0.2) is 9.36 Å². The summed E-state index contributed by atoms with van der Waals surface area (Å²) >= 11 is 0. The Morgan fingerprint density at radius 3 is 1.72 bits per heavy atom. The van der Waals surface area contributed by atoms with Gasteiger partial charge in [-0.3, -0.25) is 0 Å². The number of benzene rings is 1. The Morgan fingerprint density at radius 2 is 1.32 bits per heavy atom. The van der Waals surface area contributed by atoms with Crippen molar-refractivity contribution in [1.82, 2.24) is 19.6 Å². The number of nitrogens with zero attached hydrogens (tertiary/aromatic N) is 4. The highest BCUT2D eigenvalue weighted by Gasteiger charge is 2.38. The Bertz CT molecular complexity index is 817. The van der Waals surface area contributed by atoms with E-state index in [0.29, 0.717) is 0 Å². The van der Waals surface area contributed by atoms with Gasteiger partial charge in [-0.15, -0.1) is 0 Å². The number of hydrogen-bond acceptors (Lipinski definition) is 3. The first kappa shape index (κ1) is 17.5. The van der Waals surface area contributed by atoms with Crippen molar-refractivity contribution in [3.63, 3.8) is 0 Å². The Balaban J connectivity index is 2.10. The predicted molar refractivity (Wildman–Crippen MR) is 105 cm³/mol. The molecular weight excluding hydrogens is 326 g/mol. The lowest BCUT2D eigenvalue weighted by atomic mass is 10.3. The molecule has 0 aliphatic rings. The van der Waals surface area contributed by atoms with Crippen LogP contribution < -0.4 is 4.98 Å². The van der Waals surface area contributed by atoms with Crippen molar-refractivity contribution in [2.24, 2.45) is 0 Å². The van der Waals surface area contributed by atoms with Crippen LogP contribution in [0.25, 0.3) is 0 Å². The van der Waals surface area contributed by atoms with Crippen LogP contribution in [0, 0.1) is 27.7 Å². The van der Waals surface area contributed by atoms with Gasteiger partial charge in [-0.2, -0.15) is 10.2 Å². The van der Waals surface area contributed by atoms with Crippen LogP contribution in [0.2, 0.25) is 13.1 Å². The molecular formula is C19H27N5Si. The minimum atomic E-state index is -2.04. The highest BCUT2D eigenvalue weighted by Crippen LogP contribution is 2.27. The summed E-state index contributed by atoms with van der Waals surface area (Å²) in [6.45, 7) is 13.0. The maximum atomic E-state index is 4.80. The Hall–Kier alpha value is -2.34.